The summed E-state index contributed by atoms with van der Waals surface area (Å²) in [4.78, 5) is 0. The maximum Gasteiger partial charge on any atom is 0.0847 e. The summed E-state index contributed by atoms with van der Waals surface area (Å²) >= 11 is 6.42. The number of rotatable bonds is 4. The molecule has 0 amide bonds. The Balaban J connectivity index is 2.44. The van der Waals surface area contributed by atoms with Crippen LogP contribution in [-0.4, -0.2) is 9.78 Å². The van der Waals surface area contributed by atoms with E-state index in [0.717, 1.165) is 23.0 Å². The first-order valence-corrected chi connectivity index (χ1v) is 7.72. The Labute approximate surface area is 132 Å². The number of hydrogen-bond acceptors (Lipinski definition) is 2. The molecule has 3 nitrogen and oxygen atoms in total. The first kappa shape index (κ1) is 16.1. The smallest absolute Gasteiger partial charge is 0.0847 e. The van der Waals surface area contributed by atoms with Gasteiger partial charge in [0.15, 0.2) is 0 Å². The van der Waals surface area contributed by atoms with Crippen molar-refractivity contribution in [2.45, 2.75) is 53.1 Å². The Morgan fingerprint density at radius 2 is 1.95 bits per heavy atom. The summed E-state index contributed by atoms with van der Waals surface area (Å²) < 4.78 is 1.95. The lowest BCUT2D eigenvalue weighted by molar-refractivity contribution is 0.461. The van der Waals surface area contributed by atoms with Gasteiger partial charge >= 0.3 is 0 Å². The Morgan fingerprint density at radius 3 is 2.57 bits per heavy atom. The van der Waals surface area contributed by atoms with Crippen LogP contribution in [0.5, 0.6) is 0 Å². The standard InChI is InChI=1S/C17H24ClN3/c1-6-21-15(16(18)13(4)20-21)10-17(5,19)14-9-11(2)7-8-12(14)3/h7-9H,6,10,19H2,1-5H3. The number of halogens is 1. The minimum atomic E-state index is -0.473. The summed E-state index contributed by atoms with van der Waals surface area (Å²) in [5, 5.41) is 5.21. The molecule has 1 atom stereocenters. The largest absolute Gasteiger partial charge is 0.321 e. The average Bonchev–Trinajstić information content (AvgIpc) is 2.68. The van der Waals surface area contributed by atoms with Crippen molar-refractivity contribution in [3.05, 3.63) is 51.3 Å². The van der Waals surface area contributed by atoms with E-state index in [1.54, 1.807) is 0 Å². The van der Waals surface area contributed by atoms with E-state index in [2.05, 4.69) is 51.0 Å². The molecule has 0 fully saturated rings. The molecule has 0 saturated carbocycles. The average molecular weight is 306 g/mol. The third kappa shape index (κ3) is 3.14. The zero-order valence-electron chi connectivity index (χ0n) is 13.5. The third-order valence-corrected chi connectivity index (χ3v) is 4.49. The Morgan fingerprint density at radius 1 is 1.29 bits per heavy atom. The molecule has 2 rings (SSSR count). The van der Waals surface area contributed by atoms with E-state index in [0.29, 0.717) is 6.42 Å². The summed E-state index contributed by atoms with van der Waals surface area (Å²) in [5.74, 6) is 0. The molecule has 0 aliphatic heterocycles. The van der Waals surface area contributed by atoms with E-state index in [1.165, 1.54) is 16.7 Å². The molecule has 2 N–H and O–H groups in total. The van der Waals surface area contributed by atoms with Gasteiger partial charge in [-0.2, -0.15) is 5.10 Å². The number of hydrogen-bond donors (Lipinski definition) is 1. The van der Waals surface area contributed by atoms with Crippen LogP contribution in [0.4, 0.5) is 0 Å². The molecule has 0 spiro atoms. The molecule has 0 aliphatic carbocycles. The van der Waals surface area contributed by atoms with Crippen molar-refractivity contribution in [1.82, 2.24) is 9.78 Å². The molecular formula is C17H24ClN3. The fourth-order valence-electron chi connectivity index (χ4n) is 2.83. The lowest BCUT2D eigenvalue weighted by Gasteiger charge is -2.28. The van der Waals surface area contributed by atoms with Gasteiger partial charge in [0.05, 0.1) is 16.4 Å². The van der Waals surface area contributed by atoms with Crippen LogP contribution in [0.15, 0.2) is 18.2 Å². The quantitative estimate of drug-likeness (QED) is 0.931. The fraction of sp³-hybridized carbons (Fsp3) is 0.471. The van der Waals surface area contributed by atoms with E-state index in [-0.39, 0.29) is 0 Å². The fourth-order valence-corrected chi connectivity index (χ4v) is 3.03. The van der Waals surface area contributed by atoms with Gasteiger partial charge in [0.2, 0.25) is 0 Å². The van der Waals surface area contributed by atoms with Gasteiger partial charge in [-0.3, -0.25) is 4.68 Å². The summed E-state index contributed by atoms with van der Waals surface area (Å²) in [6, 6.07) is 6.41. The van der Waals surface area contributed by atoms with E-state index < -0.39 is 5.54 Å². The van der Waals surface area contributed by atoms with Crippen molar-refractivity contribution in [3.8, 4) is 0 Å². The number of nitrogens with two attached hydrogens (primary N) is 1. The number of nitrogens with zero attached hydrogens (tertiary/aromatic N) is 2. The van der Waals surface area contributed by atoms with E-state index in [9.17, 15) is 0 Å². The second kappa shape index (κ2) is 5.82. The van der Waals surface area contributed by atoms with Gasteiger partial charge in [0.1, 0.15) is 0 Å². The zero-order chi connectivity index (χ0) is 15.8. The molecule has 0 radical (unpaired) electrons. The molecule has 0 saturated heterocycles. The van der Waals surface area contributed by atoms with Gasteiger partial charge in [-0.25, -0.2) is 0 Å². The molecular weight excluding hydrogens is 282 g/mol. The van der Waals surface area contributed by atoms with Crippen LogP contribution in [0.2, 0.25) is 5.02 Å². The minimum Gasteiger partial charge on any atom is -0.321 e. The van der Waals surface area contributed by atoms with E-state index >= 15 is 0 Å². The van der Waals surface area contributed by atoms with E-state index in [1.807, 2.05) is 11.6 Å². The van der Waals surface area contributed by atoms with Gasteiger partial charge in [0.25, 0.3) is 0 Å². The van der Waals surface area contributed by atoms with Crippen LogP contribution < -0.4 is 5.73 Å². The maximum atomic E-state index is 6.64. The van der Waals surface area contributed by atoms with Crippen molar-refractivity contribution < 1.29 is 0 Å². The van der Waals surface area contributed by atoms with Crippen LogP contribution in [0.1, 0.15) is 41.9 Å². The lowest BCUT2D eigenvalue weighted by Crippen LogP contribution is -2.37. The summed E-state index contributed by atoms with van der Waals surface area (Å²) in [5.41, 5.74) is 11.6. The maximum absolute atomic E-state index is 6.64. The van der Waals surface area contributed by atoms with Gasteiger partial charge < -0.3 is 5.73 Å². The monoisotopic (exact) mass is 305 g/mol. The molecule has 21 heavy (non-hydrogen) atoms. The molecule has 1 heterocycles. The van der Waals surface area contributed by atoms with Crippen LogP contribution >= 0.6 is 11.6 Å². The third-order valence-electron chi connectivity index (χ3n) is 4.00. The molecule has 0 bridgehead atoms. The highest BCUT2D eigenvalue weighted by Gasteiger charge is 2.27. The highest BCUT2D eigenvalue weighted by atomic mass is 35.5. The van der Waals surface area contributed by atoms with Crippen LogP contribution in [0, 0.1) is 20.8 Å². The predicted octanol–water partition coefficient (Wildman–Crippen LogP) is 3.90. The zero-order valence-corrected chi connectivity index (χ0v) is 14.3. The van der Waals surface area contributed by atoms with Gasteiger partial charge in [-0.05, 0) is 45.7 Å². The van der Waals surface area contributed by atoms with Gasteiger partial charge in [0, 0.05) is 18.5 Å². The molecule has 0 aliphatic rings. The SMILES string of the molecule is CCn1nc(C)c(Cl)c1CC(C)(N)c1cc(C)ccc1C. The van der Waals surface area contributed by atoms with Crippen molar-refractivity contribution in [2.75, 3.05) is 0 Å². The highest BCUT2D eigenvalue weighted by Crippen LogP contribution is 2.30. The van der Waals surface area contributed by atoms with Gasteiger partial charge in [-0.1, -0.05) is 35.4 Å². The molecule has 1 aromatic carbocycles. The van der Waals surface area contributed by atoms with Crippen molar-refractivity contribution >= 4 is 11.6 Å². The second-order valence-electron chi connectivity index (χ2n) is 6.07. The summed E-state index contributed by atoms with van der Waals surface area (Å²) in [6.07, 6.45) is 0.671. The first-order chi connectivity index (χ1) is 9.76. The summed E-state index contributed by atoms with van der Waals surface area (Å²) in [7, 11) is 0. The topological polar surface area (TPSA) is 43.8 Å². The molecule has 2 aromatic rings. The van der Waals surface area contributed by atoms with Crippen molar-refractivity contribution in [2.24, 2.45) is 5.73 Å². The summed E-state index contributed by atoms with van der Waals surface area (Å²) in [6.45, 7) is 11.1. The number of benzene rings is 1. The Hall–Kier alpha value is -1.32. The molecule has 114 valence electrons. The molecule has 1 unspecified atom stereocenters. The van der Waals surface area contributed by atoms with Crippen LogP contribution in [0.3, 0.4) is 0 Å². The van der Waals surface area contributed by atoms with Crippen molar-refractivity contribution in [3.63, 3.8) is 0 Å². The Kier molecular flexibility index (Phi) is 4.45. The molecule has 1 aromatic heterocycles. The van der Waals surface area contributed by atoms with Crippen molar-refractivity contribution in [1.29, 1.82) is 0 Å². The Bertz CT molecular complexity index is 656. The number of aromatic nitrogens is 2. The second-order valence-corrected chi connectivity index (χ2v) is 6.45. The minimum absolute atomic E-state index is 0.473. The van der Waals surface area contributed by atoms with E-state index in [4.69, 9.17) is 17.3 Å². The van der Waals surface area contributed by atoms with Crippen LogP contribution in [-0.2, 0) is 18.5 Å². The van der Waals surface area contributed by atoms with Gasteiger partial charge in [-0.15, -0.1) is 0 Å². The highest BCUT2D eigenvalue weighted by molar-refractivity contribution is 6.31. The first-order valence-electron chi connectivity index (χ1n) is 7.34. The van der Waals surface area contributed by atoms with Crippen LogP contribution in [0.25, 0.3) is 0 Å². The normalized spacial score (nSPS) is 14.2. The lowest BCUT2D eigenvalue weighted by atomic mass is 9.84. The number of aryl methyl sites for hydroxylation is 4. The predicted molar refractivity (Wildman–Crippen MR) is 88.8 cm³/mol. The molecule has 4 heteroatoms.